The molecule has 0 aliphatic carbocycles. The zero-order chi connectivity index (χ0) is 19.0. The number of hydrogen-bond acceptors (Lipinski definition) is 4. The van der Waals surface area contributed by atoms with Crippen molar-refractivity contribution in [2.45, 2.75) is 6.54 Å². The SMILES string of the molecule is [CH2]C(=O)Oc1nn(Cc2ccc(Cl)c(Cl)c2)c(=O)c2cc(Cl)c(Cl)cc12. The quantitative estimate of drug-likeness (QED) is 0.560. The van der Waals surface area contributed by atoms with E-state index in [4.69, 9.17) is 51.1 Å². The van der Waals surface area contributed by atoms with Crippen LogP contribution in [-0.2, 0) is 11.3 Å². The molecule has 0 saturated heterocycles. The molecule has 0 fully saturated rings. The van der Waals surface area contributed by atoms with Gasteiger partial charge < -0.3 is 4.74 Å². The molecule has 5 nitrogen and oxygen atoms in total. The number of halogens is 4. The lowest BCUT2D eigenvalue weighted by Gasteiger charge is -2.11. The molecule has 0 bridgehead atoms. The van der Waals surface area contributed by atoms with Gasteiger partial charge in [0.15, 0.2) is 0 Å². The number of rotatable bonds is 3. The molecule has 0 N–H and O–H groups in total. The van der Waals surface area contributed by atoms with Crippen LogP contribution >= 0.6 is 46.4 Å². The summed E-state index contributed by atoms with van der Waals surface area (Å²) in [4.78, 5) is 24.1. The summed E-state index contributed by atoms with van der Waals surface area (Å²) >= 11 is 23.9. The third-order valence-corrected chi connectivity index (χ3v) is 4.96. The van der Waals surface area contributed by atoms with Crippen LogP contribution in [0.5, 0.6) is 5.88 Å². The molecular weight excluding hydrogens is 422 g/mol. The summed E-state index contributed by atoms with van der Waals surface area (Å²) in [6.07, 6.45) is 0. The van der Waals surface area contributed by atoms with Crippen LogP contribution < -0.4 is 10.3 Å². The standard InChI is InChI=1S/C17H9Cl4N2O3/c1-8(24)26-16-10-5-14(20)15(21)6-11(10)17(25)23(22-16)7-9-2-3-12(18)13(19)4-9/h2-6H,1,7H2. The number of esters is 1. The number of benzene rings is 2. The van der Waals surface area contributed by atoms with Gasteiger partial charge in [0, 0.05) is 0 Å². The second-order valence-electron chi connectivity index (χ2n) is 5.30. The maximum absolute atomic E-state index is 12.8. The van der Waals surface area contributed by atoms with Gasteiger partial charge in [-0.1, -0.05) is 52.5 Å². The highest BCUT2D eigenvalue weighted by Gasteiger charge is 2.16. The lowest BCUT2D eigenvalue weighted by molar-refractivity contribution is -0.129. The number of hydrogen-bond donors (Lipinski definition) is 0. The van der Waals surface area contributed by atoms with Gasteiger partial charge >= 0.3 is 5.97 Å². The Morgan fingerprint density at radius 1 is 1.00 bits per heavy atom. The molecule has 2 aromatic carbocycles. The van der Waals surface area contributed by atoms with E-state index in [9.17, 15) is 9.59 Å². The number of carbonyl (C=O) groups is 1. The topological polar surface area (TPSA) is 61.2 Å². The van der Waals surface area contributed by atoms with Crippen LogP contribution in [0.4, 0.5) is 0 Å². The number of carbonyl (C=O) groups excluding carboxylic acids is 1. The number of fused-ring (bicyclic) bond motifs is 1. The molecule has 1 radical (unpaired) electrons. The summed E-state index contributed by atoms with van der Waals surface area (Å²) < 4.78 is 6.16. The van der Waals surface area contributed by atoms with Crippen molar-refractivity contribution in [3.05, 3.63) is 73.3 Å². The van der Waals surface area contributed by atoms with E-state index in [1.54, 1.807) is 18.2 Å². The first kappa shape index (κ1) is 19.0. The van der Waals surface area contributed by atoms with Crippen molar-refractivity contribution in [3.63, 3.8) is 0 Å². The number of ether oxygens (including phenoxy) is 1. The smallest absolute Gasteiger partial charge is 0.313 e. The van der Waals surface area contributed by atoms with E-state index in [0.717, 1.165) is 4.68 Å². The van der Waals surface area contributed by atoms with Crippen molar-refractivity contribution in [3.8, 4) is 5.88 Å². The van der Waals surface area contributed by atoms with E-state index in [1.807, 2.05) is 0 Å². The second-order valence-corrected chi connectivity index (χ2v) is 6.93. The molecule has 26 heavy (non-hydrogen) atoms. The van der Waals surface area contributed by atoms with E-state index in [2.05, 4.69) is 12.0 Å². The van der Waals surface area contributed by atoms with Gasteiger partial charge in [0.1, 0.15) is 0 Å². The van der Waals surface area contributed by atoms with E-state index in [0.29, 0.717) is 15.6 Å². The Kier molecular flexibility index (Phi) is 5.44. The van der Waals surface area contributed by atoms with Gasteiger partial charge in [-0.3, -0.25) is 9.59 Å². The van der Waals surface area contributed by atoms with Crippen LogP contribution in [0.15, 0.2) is 35.1 Å². The van der Waals surface area contributed by atoms with Crippen LogP contribution in [0, 0.1) is 6.92 Å². The van der Waals surface area contributed by atoms with Crippen LogP contribution in [0.25, 0.3) is 10.8 Å². The molecular formula is C17H9Cl4N2O3. The van der Waals surface area contributed by atoms with Gasteiger partial charge in [-0.2, -0.15) is 0 Å². The molecule has 133 valence electrons. The van der Waals surface area contributed by atoms with Crippen molar-refractivity contribution in [2.75, 3.05) is 0 Å². The highest BCUT2D eigenvalue weighted by atomic mass is 35.5. The van der Waals surface area contributed by atoms with E-state index >= 15 is 0 Å². The molecule has 0 spiro atoms. The van der Waals surface area contributed by atoms with Gasteiger partial charge in [0.05, 0.1) is 44.3 Å². The summed E-state index contributed by atoms with van der Waals surface area (Å²) in [5.74, 6) is -0.928. The zero-order valence-electron chi connectivity index (χ0n) is 12.9. The first-order valence-electron chi connectivity index (χ1n) is 7.14. The Morgan fingerprint density at radius 2 is 1.62 bits per heavy atom. The average molecular weight is 431 g/mol. The average Bonchev–Trinajstić information content (AvgIpc) is 2.56. The van der Waals surface area contributed by atoms with Gasteiger partial charge in [-0.05, 0) is 29.8 Å². The third kappa shape index (κ3) is 3.81. The second kappa shape index (κ2) is 7.45. The van der Waals surface area contributed by atoms with Crippen LogP contribution in [0.3, 0.4) is 0 Å². The molecule has 0 aliphatic rings. The van der Waals surface area contributed by atoms with Crippen LogP contribution in [0.1, 0.15) is 5.56 Å². The predicted octanol–water partition coefficient (Wildman–Crippen LogP) is 4.80. The fraction of sp³-hybridized carbons (Fsp3) is 0.0588. The fourth-order valence-electron chi connectivity index (χ4n) is 2.35. The molecule has 0 aliphatic heterocycles. The summed E-state index contributed by atoms with van der Waals surface area (Å²) in [5.41, 5.74) is 0.244. The van der Waals surface area contributed by atoms with Gasteiger partial charge in [0.25, 0.3) is 5.56 Å². The molecule has 0 amide bonds. The molecule has 9 heteroatoms. The van der Waals surface area contributed by atoms with Crippen molar-refractivity contribution < 1.29 is 9.53 Å². The van der Waals surface area contributed by atoms with Crippen molar-refractivity contribution in [1.29, 1.82) is 0 Å². The molecule has 1 aromatic heterocycles. The third-order valence-electron chi connectivity index (χ3n) is 3.49. The summed E-state index contributed by atoms with van der Waals surface area (Å²) in [5, 5.41) is 5.68. The van der Waals surface area contributed by atoms with Crippen molar-refractivity contribution >= 4 is 63.1 Å². The Labute approximate surface area is 168 Å². The number of nitrogens with zero attached hydrogens (tertiary/aromatic N) is 2. The first-order chi connectivity index (χ1) is 12.3. The van der Waals surface area contributed by atoms with Crippen LogP contribution in [-0.4, -0.2) is 15.7 Å². The van der Waals surface area contributed by atoms with E-state index in [1.165, 1.54) is 12.1 Å². The molecule has 0 atom stereocenters. The predicted molar refractivity (Wildman–Crippen MR) is 103 cm³/mol. The Morgan fingerprint density at radius 3 is 2.23 bits per heavy atom. The van der Waals surface area contributed by atoms with E-state index < -0.39 is 11.5 Å². The highest BCUT2D eigenvalue weighted by Crippen LogP contribution is 2.30. The molecule has 1 heterocycles. The van der Waals surface area contributed by atoms with Crippen molar-refractivity contribution in [2.24, 2.45) is 0 Å². The zero-order valence-corrected chi connectivity index (χ0v) is 16.0. The van der Waals surface area contributed by atoms with Gasteiger partial charge in [0.2, 0.25) is 5.88 Å². The Bertz CT molecular complexity index is 1100. The normalized spacial score (nSPS) is 11.0. The highest BCUT2D eigenvalue weighted by molar-refractivity contribution is 6.43. The largest absolute Gasteiger partial charge is 0.405 e. The maximum Gasteiger partial charge on any atom is 0.313 e. The summed E-state index contributed by atoms with van der Waals surface area (Å²) in [7, 11) is 0. The summed E-state index contributed by atoms with van der Waals surface area (Å²) in [6.45, 7) is 3.24. The molecule has 0 unspecified atom stereocenters. The minimum atomic E-state index is -0.829. The Hall–Kier alpha value is -1.79. The van der Waals surface area contributed by atoms with Gasteiger partial charge in [-0.15, -0.1) is 5.10 Å². The molecule has 3 rings (SSSR count). The maximum atomic E-state index is 12.8. The lowest BCUT2D eigenvalue weighted by Crippen LogP contribution is -2.25. The van der Waals surface area contributed by atoms with Gasteiger partial charge in [-0.25, -0.2) is 4.68 Å². The lowest BCUT2D eigenvalue weighted by atomic mass is 10.2. The van der Waals surface area contributed by atoms with Crippen LogP contribution in [0.2, 0.25) is 20.1 Å². The minimum Gasteiger partial charge on any atom is -0.405 e. The minimum absolute atomic E-state index is 0.0770. The molecule has 0 saturated carbocycles. The Balaban J connectivity index is 2.20. The van der Waals surface area contributed by atoms with Crippen molar-refractivity contribution in [1.82, 2.24) is 9.78 Å². The fourth-order valence-corrected chi connectivity index (χ4v) is 3.00. The van der Waals surface area contributed by atoms with E-state index in [-0.39, 0.29) is 33.2 Å². The monoisotopic (exact) mass is 429 g/mol. The first-order valence-corrected chi connectivity index (χ1v) is 8.65. The summed E-state index contributed by atoms with van der Waals surface area (Å²) in [6, 6.07) is 7.74. The number of aromatic nitrogens is 2. The molecule has 3 aromatic rings.